The largest absolute Gasteiger partial charge is 0.355 e. The van der Waals surface area contributed by atoms with E-state index in [4.69, 9.17) is 5.26 Å². The molecule has 0 saturated carbocycles. The molecule has 0 aliphatic carbocycles. The number of hydrogen-bond acceptors (Lipinski definition) is 3. The zero-order valence-corrected chi connectivity index (χ0v) is 13.6. The van der Waals surface area contributed by atoms with Crippen LogP contribution in [0.4, 0.5) is 4.39 Å². The maximum atomic E-state index is 13.7. The highest BCUT2D eigenvalue weighted by atomic mass is 32.2. The molecule has 1 rings (SSSR count). The molecule has 0 atom stereocenters. The number of guanidine groups is 1. The molecule has 0 aliphatic rings. The molecule has 0 fully saturated rings. The Morgan fingerprint density at radius 2 is 2.14 bits per heavy atom. The first-order valence-electron chi connectivity index (χ1n) is 6.60. The third-order valence-corrected chi connectivity index (χ3v) is 4.33. The summed E-state index contributed by atoms with van der Waals surface area (Å²) in [6.45, 7) is 5.29. The van der Waals surface area contributed by atoms with Gasteiger partial charge in [-0.15, -0.1) is 0 Å². The van der Waals surface area contributed by atoms with E-state index in [-0.39, 0.29) is 17.1 Å². The number of rotatable bonds is 5. The van der Waals surface area contributed by atoms with Gasteiger partial charge in [0.05, 0.1) is 11.6 Å². The van der Waals surface area contributed by atoms with Crippen molar-refractivity contribution in [2.24, 2.45) is 4.99 Å². The fourth-order valence-electron chi connectivity index (χ4n) is 1.55. The highest BCUT2D eigenvalue weighted by Gasteiger charge is 2.16. The Kier molecular flexibility index (Phi) is 6.50. The zero-order chi connectivity index (χ0) is 15.9. The summed E-state index contributed by atoms with van der Waals surface area (Å²) in [6.07, 6.45) is 2.06. The van der Waals surface area contributed by atoms with Crippen LogP contribution in [0.25, 0.3) is 0 Å². The van der Waals surface area contributed by atoms with E-state index < -0.39 is 0 Å². The molecule has 0 heterocycles. The number of halogens is 1. The quantitative estimate of drug-likeness (QED) is 0.648. The van der Waals surface area contributed by atoms with Crippen LogP contribution in [-0.4, -0.2) is 30.6 Å². The van der Waals surface area contributed by atoms with Crippen LogP contribution in [0, 0.1) is 17.1 Å². The van der Waals surface area contributed by atoms with Crippen molar-refractivity contribution < 1.29 is 4.39 Å². The molecular weight excluding hydrogens is 287 g/mol. The van der Waals surface area contributed by atoms with Crippen LogP contribution in [-0.2, 0) is 6.54 Å². The van der Waals surface area contributed by atoms with Crippen molar-refractivity contribution in [2.75, 3.05) is 19.8 Å². The highest BCUT2D eigenvalue weighted by molar-refractivity contribution is 7.99. The van der Waals surface area contributed by atoms with Gasteiger partial charge < -0.3 is 10.6 Å². The van der Waals surface area contributed by atoms with E-state index in [2.05, 4.69) is 35.7 Å². The van der Waals surface area contributed by atoms with Crippen LogP contribution in [0.5, 0.6) is 0 Å². The fourth-order valence-corrected chi connectivity index (χ4v) is 1.76. The van der Waals surface area contributed by atoms with Crippen molar-refractivity contribution >= 4 is 17.7 Å². The van der Waals surface area contributed by atoms with Gasteiger partial charge >= 0.3 is 0 Å². The summed E-state index contributed by atoms with van der Waals surface area (Å²) in [5.41, 5.74) is 0.890. The predicted octanol–water partition coefficient (Wildman–Crippen LogP) is 2.50. The number of nitrogens with zero attached hydrogens (tertiary/aromatic N) is 2. The molecule has 4 nitrogen and oxygen atoms in total. The van der Waals surface area contributed by atoms with Crippen LogP contribution in [0.2, 0.25) is 0 Å². The first-order valence-corrected chi connectivity index (χ1v) is 7.82. The maximum absolute atomic E-state index is 13.7. The average Bonchev–Trinajstić information content (AvgIpc) is 2.49. The lowest BCUT2D eigenvalue weighted by molar-refractivity contribution is 0.602. The minimum atomic E-state index is -0.332. The van der Waals surface area contributed by atoms with E-state index in [1.54, 1.807) is 24.9 Å². The van der Waals surface area contributed by atoms with Crippen LogP contribution in [0.1, 0.15) is 25.0 Å². The second kappa shape index (κ2) is 7.89. The molecule has 0 saturated heterocycles. The second-order valence-corrected chi connectivity index (χ2v) is 6.67. The molecule has 0 radical (unpaired) electrons. The number of benzene rings is 1. The molecule has 6 heteroatoms. The number of hydrogen-bond donors (Lipinski definition) is 2. The number of aliphatic imine (C=N–C) groups is 1. The van der Waals surface area contributed by atoms with Gasteiger partial charge in [-0.3, -0.25) is 4.99 Å². The van der Waals surface area contributed by atoms with E-state index in [9.17, 15) is 4.39 Å². The fraction of sp³-hybridized carbons (Fsp3) is 0.467. The molecule has 114 valence electrons. The van der Waals surface area contributed by atoms with Crippen LogP contribution < -0.4 is 10.6 Å². The van der Waals surface area contributed by atoms with Crippen molar-refractivity contribution in [3.8, 4) is 6.07 Å². The molecule has 0 bridgehead atoms. The lowest BCUT2D eigenvalue weighted by Crippen LogP contribution is -2.43. The Balaban J connectivity index is 2.63. The van der Waals surface area contributed by atoms with Gasteiger partial charge in [0.25, 0.3) is 0 Å². The van der Waals surface area contributed by atoms with Gasteiger partial charge in [-0.05, 0) is 38.3 Å². The van der Waals surface area contributed by atoms with Crippen molar-refractivity contribution in [2.45, 2.75) is 25.1 Å². The molecular formula is C15H21FN4S. The molecule has 21 heavy (non-hydrogen) atoms. The zero-order valence-electron chi connectivity index (χ0n) is 12.8. The first-order chi connectivity index (χ1) is 9.91. The monoisotopic (exact) mass is 308 g/mol. The van der Waals surface area contributed by atoms with Crippen molar-refractivity contribution in [1.29, 1.82) is 5.26 Å². The number of thioether (sulfide) groups is 1. The van der Waals surface area contributed by atoms with Gasteiger partial charge in [0.2, 0.25) is 0 Å². The third-order valence-electron chi connectivity index (χ3n) is 3.08. The molecule has 0 aromatic heterocycles. The summed E-state index contributed by atoms with van der Waals surface area (Å²) >= 11 is 1.76. The molecule has 1 aromatic carbocycles. The van der Waals surface area contributed by atoms with E-state index >= 15 is 0 Å². The maximum Gasteiger partial charge on any atom is 0.191 e. The lowest BCUT2D eigenvalue weighted by atomic mass is 10.1. The average molecular weight is 308 g/mol. The van der Waals surface area contributed by atoms with E-state index in [0.29, 0.717) is 17.1 Å². The normalized spacial score (nSPS) is 11.9. The van der Waals surface area contributed by atoms with Crippen LogP contribution >= 0.6 is 11.8 Å². The number of nitrogens with one attached hydrogen (secondary N) is 2. The summed E-state index contributed by atoms with van der Waals surface area (Å²) < 4.78 is 13.8. The van der Waals surface area contributed by atoms with E-state index in [1.165, 1.54) is 12.1 Å². The van der Waals surface area contributed by atoms with Gasteiger partial charge in [0.15, 0.2) is 5.96 Å². The highest BCUT2D eigenvalue weighted by Crippen LogP contribution is 2.19. The van der Waals surface area contributed by atoms with Crippen LogP contribution in [0.15, 0.2) is 23.2 Å². The van der Waals surface area contributed by atoms with Crippen LogP contribution in [0.3, 0.4) is 0 Å². The smallest absolute Gasteiger partial charge is 0.191 e. The first kappa shape index (κ1) is 17.3. The minimum absolute atomic E-state index is 0.0869. The summed E-state index contributed by atoms with van der Waals surface area (Å²) in [5.74, 6) is 0.278. The molecule has 0 amide bonds. The SMILES string of the molecule is CN=C(NCc1cc(C#N)ccc1F)NCC(C)(C)SC. The lowest BCUT2D eigenvalue weighted by Gasteiger charge is -2.23. The summed E-state index contributed by atoms with van der Waals surface area (Å²) in [5, 5.41) is 15.1. The molecule has 0 aliphatic heterocycles. The van der Waals surface area contributed by atoms with Gasteiger partial charge in [0, 0.05) is 30.4 Å². The molecule has 2 N–H and O–H groups in total. The Morgan fingerprint density at radius 1 is 1.43 bits per heavy atom. The second-order valence-electron chi connectivity index (χ2n) is 5.16. The Bertz CT molecular complexity index is 549. The third kappa shape index (κ3) is 5.64. The Morgan fingerprint density at radius 3 is 2.71 bits per heavy atom. The van der Waals surface area contributed by atoms with Gasteiger partial charge in [-0.25, -0.2) is 4.39 Å². The molecule has 0 spiro atoms. The molecule has 1 aromatic rings. The van der Waals surface area contributed by atoms with Gasteiger partial charge in [-0.1, -0.05) is 0 Å². The summed E-state index contributed by atoms with van der Waals surface area (Å²) in [6, 6.07) is 6.32. The van der Waals surface area contributed by atoms with Crippen molar-refractivity contribution in [3.05, 3.63) is 35.1 Å². The predicted molar refractivity (Wildman–Crippen MR) is 86.9 cm³/mol. The van der Waals surface area contributed by atoms with Gasteiger partial charge in [0.1, 0.15) is 5.82 Å². The van der Waals surface area contributed by atoms with Crippen molar-refractivity contribution in [1.82, 2.24) is 10.6 Å². The van der Waals surface area contributed by atoms with Gasteiger partial charge in [-0.2, -0.15) is 17.0 Å². The van der Waals surface area contributed by atoms with E-state index in [0.717, 1.165) is 6.54 Å². The Labute approximate surface area is 129 Å². The van der Waals surface area contributed by atoms with E-state index in [1.807, 2.05) is 6.07 Å². The minimum Gasteiger partial charge on any atom is -0.355 e. The Hall–Kier alpha value is -1.74. The standard InChI is InChI=1S/C15H21FN4S/c1-15(2,21-4)10-20-14(18-3)19-9-12-7-11(8-17)5-6-13(12)16/h5-7H,9-10H2,1-4H3,(H2,18,19,20). The van der Waals surface area contributed by atoms with Crippen molar-refractivity contribution in [3.63, 3.8) is 0 Å². The summed E-state index contributed by atoms with van der Waals surface area (Å²) in [7, 11) is 1.67. The molecule has 0 unspecified atom stereocenters. The number of nitriles is 1. The topological polar surface area (TPSA) is 60.2 Å². The summed E-state index contributed by atoms with van der Waals surface area (Å²) in [4.78, 5) is 4.11.